The topological polar surface area (TPSA) is 47.4 Å². The van der Waals surface area contributed by atoms with Gasteiger partial charge in [-0.15, -0.1) is 0 Å². The van der Waals surface area contributed by atoms with Gasteiger partial charge in [0.15, 0.2) is 0 Å². The lowest BCUT2D eigenvalue weighted by Crippen LogP contribution is -2.40. The first kappa shape index (κ1) is 17.9. The Balaban J connectivity index is 1.75. The third kappa shape index (κ3) is 2.97. The number of carbonyl (C=O) groups is 1. The van der Waals surface area contributed by atoms with Gasteiger partial charge in [0.25, 0.3) is 5.91 Å². The maximum atomic E-state index is 13.5. The molecule has 1 amide bonds. The molecule has 0 saturated carbocycles. The number of amides is 1. The highest BCUT2D eigenvalue weighted by molar-refractivity contribution is 6.35. The number of fused-ring (bicyclic) bond motifs is 1. The predicted molar refractivity (Wildman–Crippen MR) is 106 cm³/mol. The molecule has 0 radical (unpaired) electrons. The molecule has 1 atom stereocenters. The summed E-state index contributed by atoms with van der Waals surface area (Å²) >= 11 is 12.3. The minimum Gasteiger partial charge on any atom is -0.497 e. The lowest BCUT2D eigenvalue weighted by molar-refractivity contribution is -0.123. The van der Waals surface area contributed by atoms with E-state index in [0.717, 1.165) is 11.3 Å². The van der Waals surface area contributed by atoms with Gasteiger partial charge in [-0.2, -0.15) is 0 Å². The Morgan fingerprint density at radius 1 is 1.11 bits per heavy atom. The Morgan fingerprint density at radius 2 is 1.78 bits per heavy atom. The van der Waals surface area contributed by atoms with Gasteiger partial charge in [-0.3, -0.25) is 4.79 Å². The van der Waals surface area contributed by atoms with Crippen LogP contribution in [0.4, 0.5) is 11.6 Å². The molecule has 1 aromatic heterocycles. The Labute approximate surface area is 167 Å². The molecule has 5 nitrogen and oxygen atoms in total. The van der Waals surface area contributed by atoms with Crippen LogP contribution in [0.1, 0.15) is 12.5 Å². The fourth-order valence-corrected chi connectivity index (χ4v) is 4.00. The number of nitrogens with zero attached hydrogens (tertiary/aromatic N) is 3. The van der Waals surface area contributed by atoms with E-state index in [9.17, 15) is 4.79 Å². The highest BCUT2D eigenvalue weighted by Crippen LogP contribution is 2.42. The minimum atomic E-state index is -0.810. The van der Waals surface area contributed by atoms with Crippen molar-refractivity contribution < 1.29 is 9.53 Å². The molecule has 0 aliphatic carbocycles. The lowest BCUT2D eigenvalue weighted by atomic mass is 9.92. The third-order valence-electron chi connectivity index (χ3n) is 4.83. The van der Waals surface area contributed by atoms with Crippen LogP contribution < -0.4 is 9.64 Å². The Morgan fingerprint density at radius 3 is 2.41 bits per heavy atom. The minimum absolute atomic E-state index is 0.0836. The van der Waals surface area contributed by atoms with E-state index in [1.807, 2.05) is 42.0 Å². The Kier molecular flexibility index (Phi) is 4.36. The predicted octanol–water partition coefficient (Wildman–Crippen LogP) is 4.83. The molecule has 1 unspecified atom stereocenters. The SMILES string of the molecule is COc1ccc(CC2(C)C(=O)N(c3cc(Cl)cc(Cl)c3)c3nccn32)cc1. The second-order valence-corrected chi connectivity index (χ2v) is 7.54. The fourth-order valence-electron chi connectivity index (χ4n) is 3.48. The van der Waals surface area contributed by atoms with Crippen molar-refractivity contribution in [3.63, 3.8) is 0 Å². The number of halogens is 2. The summed E-state index contributed by atoms with van der Waals surface area (Å²) in [5.41, 5.74) is 0.815. The van der Waals surface area contributed by atoms with Crippen LogP contribution in [-0.2, 0) is 16.8 Å². The van der Waals surface area contributed by atoms with Crippen molar-refractivity contribution in [1.29, 1.82) is 0 Å². The molecular formula is C20H17Cl2N3O2. The summed E-state index contributed by atoms with van der Waals surface area (Å²) in [6.07, 6.45) is 4.03. The van der Waals surface area contributed by atoms with Crippen LogP contribution >= 0.6 is 23.2 Å². The van der Waals surface area contributed by atoms with Gasteiger partial charge in [-0.05, 0) is 42.8 Å². The highest BCUT2D eigenvalue weighted by atomic mass is 35.5. The number of aromatic nitrogens is 2. The van der Waals surface area contributed by atoms with E-state index in [0.29, 0.717) is 28.1 Å². The smallest absolute Gasteiger partial charge is 0.260 e. The molecule has 1 aliphatic rings. The summed E-state index contributed by atoms with van der Waals surface area (Å²) in [6.45, 7) is 1.91. The van der Waals surface area contributed by atoms with E-state index < -0.39 is 5.54 Å². The van der Waals surface area contributed by atoms with E-state index in [1.54, 1.807) is 36.4 Å². The van der Waals surface area contributed by atoms with Crippen molar-refractivity contribution in [3.05, 3.63) is 70.5 Å². The number of ether oxygens (including phenoxy) is 1. The molecule has 2 aromatic carbocycles. The van der Waals surface area contributed by atoms with Crippen LogP contribution in [0.5, 0.6) is 5.75 Å². The monoisotopic (exact) mass is 401 g/mol. The number of hydrogen-bond acceptors (Lipinski definition) is 3. The van der Waals surface area contributed by atoms with Crippen molar-refractivity contribution in [2.24, 2.45) is 0 Å². The van der Waals surface area contributed by atoms with Gasteiger partial charge < -0.3 is 9.30 Å². The van der Waals surface area contributed by atoms with Crippen molar-refractivity contribution in [2.75, 3.05) is 12.0 Å². The first-order valence-electron chi connectivity index (χ1n) is 8.40. The first-order valence-corrected chi connectivity index (χ1v) is 9.15. The Hall–Kier alpha value is -2.50. The van der Waals surface area contributed by atoms with Crippen molar-refractivity contribution in [3.8, 4) is 5.75 Å². The van der Waals surface area contributed by atoms with Crippen LogP contribution in [-0.4, -0.2) is 22.6 Å². The average Bonchev–Trinajstić information content (AvgIpc) is 3.18. The molecule has 3 aromatic rings. The molecule has 0 spiro atoms. The molecule has 1 aliphatic heterocycles. The summed E-state index contributed by atoms with van der Waals surface area (Å²) in [5.74, 6) is 1.24. The zero-order valence-corrected chi connectivity index (χ0v) is 16.3. The first-order chi connectivity index (χ1) is 12.9. The van der Waals surface area contributed by atoms with Crippen LogP contribution in [0.15, 0.2) is 54.9 Å². The van der Waals surface area contributed by atoms with Crippen LogP contribution in [0.2, 0.25) is 10.0 Å². The second kappa shape index (κ2) is 6.59. The lowest BCUT2D eigenvalue weighted by Gasteiger charge is -2.25. The van der Waals surface area contributed by atoms with Gasteiger partial charge in [0.05, 0.1) is 12.8 Å². The third-order valence-corrected chi connectivity index (χ3v) is 5.27. The molecule has 4 rings (SSSR count). The fraction of sp³-hybridized carbons (Fsp3) is 0.200. The maximum absolute atomic E-state index is 13.5. The summed E-state index contributed by atoms with van der Waals surface area (Å²) in [4.78, 5) is 19.4. The van der Waals surface area contributed by atoms with Crippen LogP contribution in [0, 0.1) is 0 Å². The van der Waals surface area contributed by atoms with Gasteiger partial charge in [0, 0.05) is 28.9 Å². The van der Waals surface area contributed by atoms with Crippen LogP contribution in [0.25, 0.3) is 0 Å². The normalized spacial score (nSPS) is 18.7. The molecule has 0 fully saturated rings. The molecule has 0 saturated heterocycles. The molecular weight excluding hydrogens is 385 g/mol. The summed E-state index contributed by atoms with van der Waals surface area (Å²) in [5, 5.41) is 0.930. The zero-order valence-electron chi connectivity index (χ0n) is 14.8. The largest absolute Gasteiger partial charge is 0.497 e. The van der Waals surface area contributed by atoms with E-state index >= 15 is 0 Å². The maximum Gasteiger partial charge on any atom is 0.260 e. The Bertz CT molecular complexity index is 996. The van der Waals surface area contributed by atoms with E-state index in [-0.39, 0.29) is 5.91 Å². The molecule has 0 N–H and O–H groups in total. The number of rotatable bonds is 4. The van der Waals surface area contributed by atoms with Crippen molar-refractivity contribution in [2.45, 2.75) is 18.9 Å². The molecule has 2 heterocycles. The molecule has 27 heavy (non-hydrogen) atoms. The number of anilines is 2. The summed E-state index contributed by atoms with van der Waals surface area (Å²) < 4.78 is 7.11. The number of hydrogen-bond donors (Lipinski definition) is 0. The van der Waals surface area contributed by atoms with E-state index in [4.69, 9.17) is 27.9 Å². The molecule has 138 valence electrons. The van der Waals surface area contributed by atoms with Crippen molar-refractivity contribution in [1.82, 2.24) is 9.55 Å². The number of benzene rings is 2. The van der Waals surface area contributed by atoms with Gasteiger partial charge in [0.2, 0.25) is 5.95 Å². The zero-order chi connectivity index (χ0) is 19.2. The van der Waals surface area contributed by atoms with Gasteiger partial charge in [0.1, 0.15) is 11.3 Å². The average molecular weight is 402 g/mol. The van der Waals surface area contributed by atoms with Crippen molar-refractivity contribution >= 4 is 40.7 Å². The van der Waals surface area contributed by atoms with Gasteiger partial charge in [-0.25, -0.2) is 9.88 Å². The number of carbonyl (C=O) groups excluding carboxylic acids is 1. The standard InChI is InChI=1S/C20H17Cl2N3O2/c1-20(12-13-3-5-17(27-2)6-4-13)18(26)25(19-23-7-8-24(19)20)16-10-14(21)9-15(22)11-16/h3-11H,12H2,1-2H3. The quantitative estimate of drug-likeness (QED) is 0.628. The van der Waals surface area contributed by atoms with E-state index in [1.165, 1.54) is 0 Å². The van der Waals surface area contributed by atoms with Crippen LogP contribution in [0.3, 0.4) is 0 Å². The van der Waals surface area contributed by atoms with Gasteiger partial charge in [-0.1, -0.05) is 35.3 Å². The second-order valence-electron chi connectivity index (χ2n) is 6.66. The summed E-state index contributed by atoms with van der Waals surface area (Å²) in [7, 11) is 1.63. The highest BCUT2D eigenvalue weighted by Gasteiger charge is 2.48. The van der Waals surface area contributed by atoms with E-state index in [2.05, 4.69) is 4.98 Å². The van der Waals surface area contributed by atoms with Gasteiger partial charge >= 0.3 is 0 Å². The number of methoxy groups -OCH3 is 1. The summed E-state index contributed by atoms with van der Waals surface area (Å²) in [6, 6.07) is 12.8. The molecule has 7 heteroatoms. The molecule has 0 bridgehead atoms. The number of imidazole rings is 1.